The Hall–Kier alpha value is -0.780. The molecule has 0 heterocycles. The normalized spacial score (nSPS) is 27.6. The summed E-state index contributed by atoms with van der Waals surface area (Å²) < 4.78 is 58.9. The van der Waals surface area contributed by atoms with E-state index in [1.54, 1.807) is 0 Å². The molecule has 1 aromatic rings. The minimum atomic E-state index is -1.46. The molecule has 2 unspecified atom stereocenters. The van der Waals surface area contributed by atoms with E-state index in [1.165, 1.54) is 0 Å². The minimum absolute atomic E-state index is 0.165. The SMILES string of the molecule is Fc1cc(F)c(F)c(OC2CC(Br)C23CCCC3)c1F. The molecule has 0 saturated heterocycles. The Morgan fingerprint density at radius 3 is 2.10 bits per heavy atom. The first kappa shape index (κ1) is 14.2. The number of halogens is 5. The van der Waals surface area contributed by atoms with E-state index < -0.39 is 35.1 Å². The van der Waals surface area contributed by atoms with Crippen LogP contribution in [0.2, 0.25) is 0 Å². The summed E-state index contributed by atoms with van der Waals surface area (Å²) in [5.74, 6) is -6.73. The van der Waals surface area contributed by atoms with Gasteiger partial charge < -0.3 is 4.74 Å². The van der Waals surface area contributed by atoms with Gasteiger partial charge in [0.15, 0.2) is 17.4 Å². The summed E-state index contributed by atoms with van der Waals surface area (Å²) in [6.45, 7) is 0. The summed E-state index contributed by atoms with van der Waals surface area (Å²) >= 11 is 3.55. The van der Waals surface area contributed by atoms with Crippen molar-refractivity contribution in [3.05, 3.63) is 29.3 Å². The number of hydrogen-bond donors (Lipinski definition) is 0. The van der Waals surface area contributed by atoms with Crippen LogP contribution in [-0.2, 0) is 0 Å². The van der Waals surface area contributed by atoms with Gasteiger partial charge >= 0.3 is 0 Å². The van der Waals surface area contributed by atoms with Crippen molar-refractivity contribution in [1.29, 1.82) is 0 Å². The Balaban J connectivity index is 1.89. The molecule has 2 saturated carbocycles. The predicted octanol–water partition coefficient (Wildman–Crippen LogP) is 4.72. The van der Waals surface area contributed by atoms with Gasteiger partial charge in [-0.25, -0.2) is 8.78 Å². The van der Waals surface area contributed by atoms with Crippen LogP contribution in [0.25, 0.3) is 0 Å². The molecular weight excluding hydrogens is 340 g/mol. The Bertz CT molecular complexity index is 516. The quantitative estimate of drug-likeness (QED) is 0.425. The van der Waals surface area contributed by atoms with Crippen LogP contribution in [0.15, 0.2) is 6.07 Å². The lowest BCUT2D eigenvalue weighted by atomic mass is 9.64. The fourth-order valence-electron chi connectivity index (χ4n) is 3.33. The Labute approximate surface area is 122 Å². The van der Waals surface area contributed by atoms with E-state index in [0.717, 1.165) is 25.7 Å². The third kappa shape index (κ3) is 1.95. The molecule has 0 bridgehead atoms. The standard InChI is InChI=1S/C14H13BrF4O/c15-9-6-10(14(9)3-1-2-4-14)20-13-11(18)7(16)5-8(17)12(13)19/h5,9-10H,1-4,6H2. The fourth-order valence-corrected chi connectivity index (χ4v) is 4.42. The molecule has 2 atom stereocenters. The highest BCUT2D eigenvalue weighted by molar-refractivity contribution is 9.09. The van der Waals surface area contributed by atoms with Crippen molar-refractivity contribution < 1.29 is 22.3 Å². The summed E-state index contributed by atoms with van der Waals surface area (Å²) in [5, 5.41) is 0. The molecule has 20 heavy (non-hydrogen) atoms. The van der Waals surface area contributed by atoms with E-state index in [1.807, 2.05) is 0 Å². The molecule has 0 N–H and O–H groups in total. The Morgan fingerprint density at radius 1 is 1.05 bits per heavy atom. The first-order valence-electron chi connectivity index (χ1n) is 6.59. The van der Waals surface area contributed by atoms with E-state index in [-0.39, 0.29) is 16.3 Å². The third-order valence-electron chi connectivity index (χ3n) is 4.55. The van der Waals surface area contributed by atoms with E-state index in [4.69, 9.17) is 4.74 Å². The molecule has 2 aliphatic rings. The summed E-state index contributed by atoms with van der Waals surface area (Å²) in [7, 11) is 0. The van der Waals surface area contributed by atoms with Crippen molar-refractivity contribution >= 4 is 15.9 Å². The summed E-state index contributed by atoms with van der Waals surface area (Å²) in [6, 6.07) is 0.191. The summed E-state index contributed by atoms with van der Waals surface area (Å²) in [4.78, 5) is 0.229. The van der Waals surface area contributed by atoms with E-state index >= 15 is 0 Å². The Morgan fingerprint density at radius 2 is 1.60 bits per heavy atom. The number of hydrogen-bond acceptors (Lipinski definition) is 1. The number of alkyl halides is 1. The predicted molar refractivity (Wildman–Crippen MR) is 68.9 cm³/mol. The number of benzene rings is 1. The second-order valence-electron chi connectivity index (χ2n) is 5.55. The van der Waals surface area contributed by atoms with Crippen molar-refractivity contribution in [2.24, 2.45) is 5.41 Å². The molecule has 2 fully saturated rings. The lowest BCUT2D eigenvalue weighted by Crippen LogP contribution is -2.55. The first-order chi connectivity index (χ1) is 9.45. The maximum Gasteiger partial charge on any atom is 0.203 e. The van der Waals surface area contributed by atoms with Crippen molar-refractivity contribution in [2.75, 3.05) is 0 Å². The lowest BCUT2D eigenvalue weighted by molar-refractivity contribution is -0.0353. The average Bonchev–Trinajstić information content (AvgIpc) is 2.92. The van der Waals surface area contributed by atoms with Gasteiger partial charge in [-0.05, 0) is 19.3 Å². The molecule has 6 heteroatoms. The molecule has 2 aliphatic carbocycles. The van der Waals surface area contributed by atoms with Crippen molar-refractivity contribution in [3.63, 3.8) is 0 Å². The van der Waals surface area contributed by atoms with Crippen molar-refractivity contribution in [3.8, 4) is 5.75 Å². The number of rotatable bonds is 2. The van der Waals surface area contributed by atoms with Gasteiger partial charge in [0.05, 0.1) is 0 Å². The average molecular weight is 353 g/mol. The molecule has 0 radical (unpaired) electrons. The van der Waals surface area contributed by atoms with E-state index in [2.05, 4.69) is 15.9 Å². The van der Waals surface area contributed by atoms with Crippen LogP contribution < -0.4 is 4.74 Å². The third-order valence-corrected chi connectivity index (χ3v) is 5.84. The minimum Gasteiger partial charge on any atom is -0.484 e. The maximum absolute atomic E-state index is 13.6. The van der Waals surface area contributed by atoms with Gasteiger partial charge in [-0.1, -0.05) is 28.8 Å². The van der Waals surface area contributed by atoms with Gasteiger partial charge in [0.2, 0.25) is 11.6 Å². The molecule has 1 nitrogen and oxygen atoms in total. The van der Waals surface area contributed by atoms with Gasteiger partial charge in [-0.3, -0.25) is 0 Å². The van der Waals surface area contributed by atoms with Gasteiger partial charge in [-0.2, -0.15) is 8.78 Å². The Kier molecular flexibility index (Phi) is 3.47. The van der Waals surface area contributed by atoms with E-state index in [9.17, 15) is 17.6 Å². The molecule has 0 aliphatic heterocycles. The molecular formula is C14H13BrF4O. The van der Waals surface area contributed by atoms with Gasteiger partial charge in [0.25, 0.3) is 0 Å². The van der Waals surface area contributed by atoms with Gasteiger partial charge in [-0.15, -0.1) is 0 Å². The molecule has 1 aromatic carbocycles. The zero-order valence-corrected chi connectivity index (χ0v) is 12.2. The molecule has 3 rings (SSSR count). The molecule has 1 spiro atoms. The molecule has 0 aromatic heterocycles. The highest BCUT2D eigenvalue weighted by atomic mass is 79.9. The summed E-state index contributed by atoms with van der Waals surface area (Å²) in [5.41, 5.74) is -0.165. The first-order valence-corrected chi connectivity index (χ1v) is 7.51. The van der Waals surface area contributed by atoms with Crippen molar-refractivity contribution in [2.45, 2.75) is 43.0 Å². The van der Waals surface area contributed by atoms with Crippen molar-refractivity contribution in [1.82, 2.24) is 0 Å². The highest BCUT2D eigenvalue weighted by Crippen LogP contribution is 2.58. The molecule has 0 amide bonds. The molecule has 110 valence electrons. The smallest absolute Gasteiger partial charge is 0.203 e. The van der Waals surface area contributed by atoms with Gasteiger partial charge in [0, 0.05) is 16.3 Å². The van der Waals surface area contributed by atoms with Crippen LogP contribution in [0.3, 0.4) is 0 Å². The maximum atomic E-state index is 13.6. The largest absolute Gasteiger partial charge is 0.484 e. The van der Waals surface area contributed by atoms with E-state index in [0.29, 0.717) is 6.42 Å². The topological polar surface area (TPSA) is 9.23 Å². The summed E-state index contributed by atoms with van der Waals surface area (Å²) in [6.07, 6.45) is 4.04. The zero-order valence-electron chi connectivity index (χ0n) is 10.6. The zero-order chi connectivity index (χ0) is 14.5. The number of ether oxygens (including phenoxy) is 1. The lowest BCUT2D eigenvalue weighted by Gasteiger charge is -2.51. The highest BCUT2D eigenvalue weighted by Gasteiger charge is 2.57. The second kappa shape index (κ2) is 4.90. The van der Waals surface area contributed by atoms with Crippen LogP contribution in [0.4, 0.5) is 17.6 Å². The fraction of sp³-hybridized carbons (Fsp3) is 0.571. The van der Waals surface area contributed by atoms with Crippen LogP contribution in [0, 0.1) is 28.7 Å². The second-order valence-corrected chi connectivity index (χ2v) is 6.65. The van der Waals surface area contributed by atoms with Gasteiger partial charge in [0.1, 0.15) is 6.10 Å². The monoisotopic (exact) mass is 352 g/mol. The van der Waals surface area contributed by atoms with Crippen LogP contribution in [0.1, 0.15) is 32.1 Å². The van der Waals surface area contributed by atoms with Crippen LogP contribution in [0.5, 0.6) is 5.75 Å². The van der Waals surface area contributed by atoms with Crippen LogP contribution in [-0.4, -0.2) is 10.9 Å². The van der Waals surface area contributed by atoms with Crippen LogP contribution >= 0.6 is 15.9 Å².